The Labute approximate surface area is 192 Å². The van der Waals surface area contributed by atoms with Crippen molar-refractivity contribution in [1.29, 1.82) is 0 Å². The summed E-state index contributed by atoms with van der Waals surface area (Å²) in [6.07, 6.45) is 3.67. The Morgan fingerprint density at radius 2 is 2.06 bits per heavy atom. The van der Waals surface area contributed by atoms with E-state index in [0.717, 1.165) is 26.6 Å². The van der Waals surface area contributed by atoms with Gasteiger partial charge in [-0.25, -0.2) is 18.6 Å². The van der Waals surface area contributed by atoms with Crippen molar-refractivity contribution >= 4 is 17.3 Å². The summed E-state index contributed by atoms with van der Waals surface area (Å²) in [5.74, 6) is -2.80. The van der Waals surface area contributed by atoms with Crippen LogP contribution in [-0.2, 0) is 17.7 Å². The maximum Gasteiger partial charge on any atom is 0.343 e. The average Bonchev–Trinajstić information content (AvgIpc) is 3.26. The number of methoxy groups -OCH3 is 1. The van der Waals surface area contributed by atoms with Crippen molar-refractivity contribution in [2.45, 2.75) is 44.6 Å². The molecule has 33 heavy (non-hydrogen) atoms. The number of aryl methyl sites for hydroxylation is 2. The molecule has 6 nitrogen and oxygen atoms in total. The third-order valence-electron chi connectivity index (χ3n) is 6.17. The van der Waals surface area contributed by atoms with Crippen LogP contribution in [0.3, 0.4) is 0 Å². The minimum Gasteiger partial charge on any atom is -0.496 e. The molecule has 1 aromatic carbocycles. The predicted octanol–water partition coefficient (Wildman–Crippen LogP) is 4.89. The average molecular weight is 473 g/mol. The summed E-state index contributed by atoms with van der Waals surface area (Å²) in [6, 6.07) is 5.37. The van der Waals surface area contributed by atoms with Crippen molar-refractivity contribution in [2.24, 2.45) is 0 Å². The van der Waals surface area contributed by atoms with Gasteiger partial charge < -0.3 is 14.0 Å². The van der Waals surface area contributed by atoms with Crippen LogP contribution in [0.25, 0.3) is 21.7 Å². The Bertz CT molecular complexity index is 1310. The molecular formula is C24H22F2N2O4S. The quantitative estimate of drug-likeness (QED) is 0.495. The molecule has 0 N–H and O–H groups in total. The second-order valence-corrected chi connectivity index (χ2v) is 9.40. The van der Waals surface area contributed by atoms with E-state index >= 15 is 0 Å². The summed E-state index contributed by atoms with van der Waals surface area (Å²) in [5, 5.41) is 0.721. The van der Waals surface area contributed by atoms with Crippen molar-refractivity contribution in [2.75, 3.05) is 13.7 Å². The van der Waals surface area contributed by atoms with Crippen molar-refractivity contribution in [1.82, 2.24) is 9.55 Å². The van der Waals surface area contributed by atoms with E-state index in [4.69, 9.17) is 9.47 Å². The maximum absolute atomic E-state index is 13.3. The van der Waals surface area contributed by atoms with Gasteiger partial charge in [0.15, 0.2) is 5.43 Å². The predicted molar refractivity (Wildman–Crippen MR) is 120 cm³/mol. The van der Waals surface area contributed by atoms with Crippen molar-refractivity contribution in [3.8, 4) is 27.4 Å². The first-order chi connectivity index (χ1) is 15.8. The van der Waals surface area contributed by atoms with E-state index in [-0.39, 0.29) is 36.4 Å². The summed E-state index contributed by atoms with van der Waals surface area (Å²) in [4.78, 5) is 30.0. The molecule has 172 valence electrons. The van der Waals surface area contributed by atoms with Gasteiger partial charge in [-0.2, -0.15) is 0 Å². The summed E-state index contributed by atoms with van der Waals surface area (Å²) in [5.41, 5.74) is 3.09. The standard InChI is InChI=1S/C24H22F2N2O4S/c1-3-32-23(30)17-12-28-5-4-13-6-16(20(31-2)7-15(13)18(28)8-19(17)29)21-11-27-22(33-21)14-9-24(25,26)10-14/h6-8,11-12,14H,3-5,9-10H2,1-2H3. The zero-order valence-corrected chi connectivity index (χ0v) is 19.0. The Kier molecular flexibility index (Phi) is 5.31. The summed E-state index contributed by atoms with van der Waals surface area (Å²) < 4.78 is 39.1. The largest absolute Gasteiger partial charge is 0.496 e. The van der Waals surface area contributed by atoms with E-state index in [1.165, 1.54) is 17.4 Å². The lowest BCUT2D eigenvalue weighted by atomic mass is 9.82. The molecule has 1 aliphatic heterocycles. The molecule has 0 radical (unpaired) electrons. The molecule has 2 aliphatic rings. The van der Waals surface area contributed by atoms with Crippen LogP contribution < -0.4 is 10.2 Å². The van der Waals surface area contributed by atoms with Crippen molar-refractivity contribution in [3.63, 3.8) is 0 Å². The fourth-order valence-electron chi connectivity index (χ4n) is 4.46. The number of esters is 1. The van der Waals surface area contributed by atoms with E-state index in [0.29, 0.717) is 24.4 Å². The molecule has 0 saturated heterocycles. The molecule has 3 heterocycles. The van der Waals surface area contributed by atoms with E-state index in [2.05, 4.69) is 4.98 Å². The number of hydrogen-bond acceptors (Lipinski definition) is 6. The molecule has 5 rings (SSSR count). The summed E-state index contributed by atoms with van der Waals surface area (Å²) in [6.45, 7) is 2.50. The minimum absolute atomic E-state index is 0.0198. The first-order valence-corrected chi connectivity index (χ1v) is 11.6. The Balaban J connectivity index is 1.52. The molecule has 1 saturated carbocycles. The number of halogens is 2. The Morgan fingerprint density at radius 3 is 2.76 bits per heavy atom. The topological polar surface area (TPSA) is 70.4 Å². The third-order valence-corrected chi connectivity index (χ3v) is 7.37. The number of alkyl halides is 2. The maximum atomic E-state index is 13.3. The monoisotopic (exact) mass is 472 g/mol. The normalized spacial score (nSPS) is 16.5. The number of hydrogen-bond donors (Lipinski definition) is 0. The molecule has 1 fully saturated rings. The number of fused-ring (bicyclic) bond motifs is 3. The number of pyridine rings is 1. The van der Waals surface area contributed by atoms with Gasteiger partial charge in [0.05, 0.1) is 29.3 Å². The number of aromatic nitrogens is 2. The highest BCUT2D eigenvalue weighted by atomic mass is 32.1. The summed E-state index contributed by atoms with van der Waals surface area (Å²) in [7, 11) is 1.57. The van der Waals surface area contributed by atoms with Crippen LogP contribution in [0.5, 0.6) is 5.75 Å². The van der Waals surface area contributed by atoms with Crippen LogP contribution in [0, 0.1) is 0 Å². The van der Waals surface area contributed by atoms with E-state index in [9.17, 15) is 18.4 Å². The lowest BCUT2D eigenvalue weighted by Gasteiger charge is -2.33. The lowest BCUT2D eigenvalue weighted by Crippen LogP contribution is -2.33. The van der Waals surface area contributed by atoms with Gasteiger partial charge in [-0.05, 0) is 31.0 Å². The third kappa shape index (κ3) is 3.84. The molecule has 1 aliphatic carbocycles. The molecule has 2 aromatic heterocycles. The van der Waals surface area contributed by atoms with Gasteiger partial charge in [0, 0.05) is 54.9 Å². The highest BCUT2D eigenvalue weighted by molar-refractivity contribution is 7.15. The number of thiazole rings is 1. The first-order valence-electron chi connectivity index (χ1n) is 10.8. The van der Waals surface area contributed by atoms with Crippen LogP contribution in [0.15, 0.2) is 35.4 Å². The van der Waals surface area contributed by atoms with Crippen LogP contribution in [0.2, 0.25) is 0 Å². The number of benzene rings is 1. The molecule has 0 amide bonds. The highest BCUT2D eigenvalue weighted by Crippen LogP contribution is 2.50. The lowest BCUT2D eigenvalue weighted by molar-refractivity contribution is -0.0867. The number of rotatable bonds is 5. The van der Waals surface area contributed by atoms with Gasteiger partial charge in [0.25, 0.3) is 0 Å². The van der Waals surface area contributed by atoms with Gasteiger partial charge >= 0.3 is 5.97 Å². The summed E-state index contributed by atoms with van der Waals surface area (Å²) >= 11 is 1.42. The zero-order valence-electron chi connectivity index (χ0n) is 18.2. The van der Waals surface area contributed by atoms with Crippen LogP contribution in [-0.4, -0.2) is 35.2 Å². The second-order valence-electron chi connectivity index (χ2n) is 8.33. The van der Waals surface area contributed by atoms with E-state index in [1.807, 2.05) is 16.7 Å². The fraction of sp³-hybridized carbons (Fsp3) is 0.375. The van der Waals surface area contributed by atoms with Gasteiger partial charge in [-0.15, -0.1) is 11.3 Å². The fourth-order valence-corrected chi connectivity index (χ4v) is 5.50. The molecule has 0 spiro atoms. The second kappa shape index (κ2) is 8.06. The molecule has 0 unspecified atom stereocenters. The van der Waals surface area contributed by atoms with Crippen molar-refractivity contribution in [3.05, 3.63) is 57.0 Å². The number of ether oxygens (including phenoxy) is 2. The highest BCUT2D eigenvalue weighted by Gasteiger charge is 2.47. The molecule has 9 heteroatoms. The van der Waals surface area contributed by atoms with Gasteiger partial charge in [0.1, 0.15) is 11.3 Å². The molecule has 0 bridgehead atoms. The van der Waals surface area contributed by atoms with Crippen LogP contribution in [0.4, 0.5) is 8.78 Å². The van der Waals surface area contributed by atoms with Crippen LogP contribution in [0.1, 0.15) is 46.6 Å². The van der Waals surface area contributed by atoms with Gasteiger partial charge in [0.2, 0.25) is 5.92 Å². The number of carbonyl (C=O) groups excluding carboxylic acids is 1. The van der Waals surface area contributed by atoms with E-state index < -0.39 is 11.9 Å². The Morgan fingerprint density at radius 1 is 1.27 bits per heavy atom. The minimum atomic E-state index is -2.58. The smallest absolute Gasteiger partial charge is 0.343 e. The van der Waals surface area contributed by atoms with E-state index in [1.54, 1.807) is 26.4 Å². The number of nitrogens with zero attached hydrogens (tertiary/aromatic N) is 2. The molecule has 0 atom stereocenters. The Hall–Kier alpha value is -3.07. The number of carbonyl (C=O) groups is 1. The van der Waals surface area contributed by atoms with Crippen LogP contribution >= 0.6 is 11.3 Å². The molecular weight excluding hydrogens is 450 g/mol. The van der Waals surface area contributed by atoms with Crippen molar-refractivity contribution < 1.29 is 23.0 Å². The van der Waals surface area contributed by atoms with Gasteiger partial charge in [-0.3, -0.25) is 4.79 Å². The molecule has 3 aromatic rings. The van der Waals surface area contributed by atoms with Gasteiger partial charge in [-0.1, -0.05) is 0 Å². The zero-order chi connectivity index (χ0) is 23.3. The SMILES string of the molecule is CCOC(=O)c1cn2c(cc1=O)-c1cc(OC)c(-c3cnc(C4CC(F)(F)C4)s3)cc1CC2. The first kappa shape index (κ1) is 21.8.